The summed E-state index contributed by atoms with van der Waals surface area (Å²) in [5.74, 6) is 0.355. The van der Waals surface area contributed by atoms with Crippen LogP contribution >= 0.6 is 27.5 Å². The molecule has 0 radical (unpaired) electrons. The summed E-state index contributed by atoms with van der Waals surface area (Å²) in [6, 6.07) is 6.03. The highest BCUT2D eigenvalue weighted by Crippen LogP contribution is 2.32. The number of Topliss-reactive ketones (excluding diaryl/α,β-unsaturated/α-hetero) is 1. The predicted molar refractivity (Wildman–Crippen MR) is 70.2 cm³/mol. The highest BCUT2D eigenvalue weighted by Gasteiger charge is 2.24. The lowest BCUT2D eigenvalue weighted by atomic mass is 10.0. The highest BCUT2D eigenvalue weighted by atomic mass is 79.9. The molecule has 1 atom stereocenters. The Bertz CT molecular complexity index is 421. The maximum atomic E-state index is 11.3. The molecule has 1 saturated heterocycles. The molecule has 1 aromatic carbocycles. The van der Waals surface area contributed by atoms with Crippen LogP contribution in [0.4, 0.5) is 5.69 Å². The van der Waals surface area contributed by atoms with Gasteiger partial charge in [0.1, 0.15) is 5.78 Å². The van der Waals surface area contributed by atoms with Gasteiger partial charge in [-0.3, -0.25) is 4.79 Å². The van der Waals surface area contributed by atoms with Crippen LogP contribution in [0, 0.1) is 0 Å². The van der Waals surface area contributed by atoms with Crippen LogP contribution in [0.25, 0.3) is 0 Å². The van der Waals surface area contributed by atoms with Crippen molar-refractivity contribution in [1.29, 1.82) is 0 Å². The molecule has 0 amide bonds. The van der Waals surface area contributed by atoms with E-state index in [2.05, 4.69) is 27.8 Å². The van der Waals surface area contributed by atoms with Gasteiger partial charge in [-0.15, -0.1) is 0 Å². The average molecular weight is 303 g/mol. The van der Waals surface area contributed by atoms with Crippen LogP contribution in [-0.2, 0) is 4.79 Å². The lowest BCUT2D eigenvalue weighted by Crippen LogP contribution is -2.41. The maximum Gasteiger partial charge on any atom is 0.136 e. The summed E-state index contributed by atoms with van der Waals surface area (Å²) in [4.78, 5) is 13.6. The first kappa shape index (κ1) is 11.9. The van der Waals surface area contributed by atoms with E-state index in [1.54, 1.807) is 0 Å². The van der Waals surface area contributed by atoms with E-state index in [1.807, 2.05) is 18.2 Å². The molecule has 0 N–H and O–H groups in total. The minimum absolute atomic E-state index is 0.263. The molecule has 1 aliphatic rings. The molecule has 0 spiro atoms. The number of carbonyl (C=O) groups is 1. The standard InChI is InChI=1S/C12H13BrClNO/c1-8-6-10(16)4-5-15(8)12-3-2-9(14)7-11(12)13/h2-3,7-8H,4-6H2,1H3. The van der Waals surface area contributed by atoms with Crippen LogP contribution in [0.15, 0.2) is 22.7 Å². The molecular weight excluding hydrogens is 289 g/mol. The Morgan fingerprint density at radius 3 is 2.88 bits per heavy atom. The number of carbonyl (C=O) groups excluding carboxylic acids is 1. The third-order valence-electron chi connectivity index (χ3n) is 2.91. The first-order valence-corrected chi connectivity index (χ1v) is 6.48. The average Bonchev–Trinajstić information content (AvgIpc) is 2.19. The van der Waals surface area contributed by atoms with Gasteiger partial charge < -0.3 is 4.90 Å². The second-order valence-electron chi connectivity index (χ2n) is 4.13. The Morgan fingerprint density at radius 2 is 2.25 bits per heavy atom. The van der Waals surface area contributed by atoms with Crippen LogP contribution in [-0.4, -0.2) is 18.4 Å². The second-order valence-corrected chi connectivity index (χ2v) is 5.42. The number of hydrogen-bond donors (Lipinski definition) is 0. The second kappa shape index (κ2) is 4.76. The van der Waals surface area contributed by atoms with Gasteiger partial charge in [-0.05, 0) is 41.1 Å². The van der Waals surface area contributed by atoms with E-state index in [4.69, 9.17) is 11.6 Å². The molecule has 0 bridgehead atoms. The summed E-state index contributed by atoms with van der Waals surface area (Å²) in [7, 11) is 0. The van der Waals surface area contributed by atoms with Gasteiger partial charge in [0.25, 0.3) is 0 Å². The van der Waals surface area contributed by atoms with Crippen molar-refractivity contribution in [2.75, 3.05) is 11.4 Å². The van der Waals surface area contributed by atoms with E-state index >= 15 is 0 Å². The Kier molecular flexibility index (Phi) is 3.55. The summed E-state index contributed by atoms with van der Waals surface area (Å²) in [5.41, 5.74) is 1.12. The van der Waals surface area contributed by atoms with Crippen molar-refractivity contribution in [1.82, 2.24) is 0 Å². The lowest BCUT2D eigenvalue weighted by Gasteiger charge is -2.35. The Balaban J connectivity index is 2.26. The molecule has 1 heterocycles. The number of hydrogen-bond acceptors (Lipinski definition) is 2. The van der Waals surface area contributed by atoms with Crippen molar-refractivity contribution in [3.63, 3.8) is 0 Å². The Hall–Kier alpha value is -0.540. The van der Waals surface area contributed by atoms with Crippen molar-refractivity contribution in [3.05, 3.63) is 27.7 Å². The molecule has 1 fully saturated rings. The van der Waals surface area contributed by atoms with Crippen molar-refractivity contribution >= 4 is 39.0 Å². The number of rotatable bonds is 1. The lowest BCUT2D eigenvalue weighted by molar-refractivity contribution is -0.120. The van der Waals surface area contributed by atoms with Crippen molar-refractivity contribution in [2.24, 2.45) is 0 Å². The summed E-state index contributed by atoms with van der Waals surface area (Å²) in [6.45, 7) is 2.87. The number of piperidine rings is 1. The summed E-state index contributed by atoms with van der Waals surface area (Å²) < 4.78 is 0.987. The van der Waals surface area contributed by atoms with E-state index in [9.17, 15) is 4.79 Å². The number of benzene rings is 1. The molecule has 0 aliphatic carbocycles. The molecular formula is C12H13BrClNO. The van der Waals surface area contributed by atoms with Crippen LogP contribution in [0.5, 0.6) is 0 Å². The number of ketones is 1. The van der Waals surface area contributed by atoms with E-state index in [0.717, 1.165) is 21.7 Å². The molecule has 1 unspecified atom stereocenters. The summed E-state index contributed by atoms with van der Waals surface area (Å²) in [6.07, 6.45) is 1.27. The SMILES string of the molecule is CC1CC(=O)CCN1c1ccc(Cl)cc1Br. The van der Waals surface area contributed by atoms with Crippen molar-refractivity contribution in [2.45, 2.75) is 25.8 Å². The largest absolute Gasteiger partial charge is 0.367 e. The molecule has 16 heavy (non-hydrogen) atoms. The quantitative estimate of drug-likeness (QED) is 0.789. The monoisotopic (exact) mass is 301 g/mol. The summed E-state index contributed by atoms with van der Waals surface area (Å²) >= 11 is 9.43. The fourth-order valence-electron chi connectivity index (χ4n) is 2.08. The zero-order valence-corrected chi connectivity index (χ0v) is 11.4. The fraction of sp³-hybridized carbons (Fsp3) is 0.417. The van der Waals surface area contributed by atoms with Crippen LogP contribution < -0.4 is 4.90 Å². The van der Waals surface area contributed by atoms with Gasteiger partial charge >= 0.3 is 0 Å². The molecule has 86 valence electrons. The van der Waals surface area contributed by atoms with E-state index in [-0.39, 0.29) is 6.04 Å². The first-order valence-electron chi connectivity index (χ1n) is 5.31. The van der Waals surface area contributed by atoms with Gasteiger partial charge in [0.15, 0.2) is 0 Å². The zero-order chi connectivity index (χ0) is 11.7. The van der Waals surface area contributed by atoms with Gasteiger partial charge in [-0.25, -0.2) is 0 Å². The zero-order valence-electron chi connectivity index (χ0n) is 9.04. The normalized spacial score (nSPS) is 21.3. The molecule has 0 aromatic heterocycles. The van der Waals surface area contributed by atoms with Crippen LogP contribution in [0.1, 0.15) is 19.8 Å². The smallest absolute Gasteiger partial charge is 0.136 e. The van der Waals surface area contributed by atoms with Crippen LogP contribution in [0.2, 0.25) is 5.02 Å². The fourth-order valence-corrected chi connectivity index (χ4v) is 2.99. The van der Waals surface area contributed by atoms with Gasteiger partial charge in [0.2, 0.25) is 0 Å². The maximum absolute atomic E-state index is 11.3. The molecule has 4 heteroatoms. The first-order chi connectivity index (χ1) is 7.58. The Morgan fingerprint density at radius 1 is 1.50 bits per heavy atom. The molecule has 1 aliphatic heterocycles. The molecule has 1 aromatic rings. The minimum atomic E-state index is 0.263. The number of anilines is 1. The van der Waals surface area contributed by atoms with E-state index in [0.29, 0.717) is 18.6 Å². The van der Waals surface area contributed by atoms with Crippen molar-refractivity contribution < 1.29 is 4.79 Å². The minimum Gasteiger partial charge on any atom is -0.367 e. The number of halogens is 2. The van der Waals surface area contributed by atoms with Crippen molar-refractivity contribution in [3.8, 4) is 0 Å². The topological polar surface area (TPSA) is 20.3 Å². The number of nitrogens with zero attached hydrogens (tertiary/aromatic N) is 1. The molecule has 0 saturated carbocycles. The van der Waals surface area contributed by atoms with Gasteiger partial charge in [-0.1, -0.05) is 11.6 Å². The third-order valence-corrected chi connectivity index (χ3v) is 3.78. The highest BCUT2D eigenvalue weighted by molar-refractivity contribution is 9.10. The summed E-state index contributed by atoms with van der Waals surface area (Å²) in [5, 5.41) is 0.719. The Labute approximate surface area is 109 Å². The van der Waals surface area contributed by atoms with Crippen LogP contribution in [0.3, 0.4) is 0 Å². The van der Waals surface area contributed by atoms with Gasteiger partial charge in [0.05, 0.1) is 5.69 Å². The van der Waals surface area contributed by atoms with Gasteiger partial charge in [0, 0.05) is 34.9 Å². The third kappa shape index (κ3) is 2.41. The van der Waals surface area contributed by atoms with E-state index in [1.165, 1.54) is 0 Å². The molecule has 2 nitrogen and oxygen atoms in total. The van der Waals surface area contributed by atoms with E-state index < -0.39 is 0 Å². The predicted octanol–water partition coefficient (Wildman–Crippen LogP) is 3.66. The molecule has 2 rings (SSSR count). The van der Waals surface area contributed by atoms with Gasteiger partial charge in [-0.2, -0.15) is 0 Å².